The monoisotopic (exact) mass is 393 g/mol. The molecule has 0 saturated carbocycles. The van der Waals surface area contributed by atoms with Crippen LogP contribution in [0, 0.1) is 12.8 Å². The highest BCUT2D eigenvalue weighted by Gasteiger charge is 2.27. The minimum absolute atomic E-state index is 0.00885. The lowest BCUT2D eigenvalue weighted by atomic mass is 10.0. The topological polar surface area (TPSA) is 136 Å². The van der Waals surface area contributed by atoms with Crippen LogP contribution in [0.25, 0.3) is 23.0 Å². The van der Waals surface area contributed by atoms with E-state index in [-0.39, 0.29) is 23.3 Å². The van der Waals surface area contributed by atoms with Crippen LogP contribution < -0.4 is 5.32 Å². The van der Waals surface area contributed by atoms with Crippen LogP contribution in [0.4, 0.5) is 0 Å². The first kappa shape index (κ1) is 18.5. The molecule has 0 aliphatic rings. The van der Waals surface area contributed by atoms with E-state index < -0.39 is 11.9 Å². The fourth-order valence-corrected chi connectivity index (χ4v) is 2.74. The van der Waals surface area contributed by atoms with Crippen molar-refractivity contribution in [1.82, 2.24) is 35.8 Å². The molecule has 0 fully saturated rings. The molecule has 1 amide bonds. The molecule has 148 valence electrons. The van der Waals surface area contributed by atoms with Gasteiger partial charge in [0.15, 0.2) is 17.3 Å². The molecule has 3 aromatic heterocycles. The summed E-state index contributed by atoms with van der Waals surface area (Å²) in [5, 5.41) is 17.1. The Labute approximate surface area is 165 Å². The molecule has 1 aromatic carbocycles. The number of amides is 1. The average molecular weight is 393 g/mol. The Bertz CT molecular complexity index is 1100. The minimum Gasteiger partial charge on any atom is -0.355 e. The zero-order valence-electron chi connectivity index (χ0n) is 16.1. The van der Waals surface area contributed by atoms with Crippen molar-refractivity contribution >= 4 is 5.91 Å². The molecule has 4 aromatic rings. The summed E-state index contributed by atoms with van der Waals surface area (Å²) in [7, 11) is 0. The molecule has 3 heterocycles. The summed E-state index contributed by atoms with van der Waals surface area (Å²) in [6.45, 7) is 5.87. The van der Waals surface area contributed by atoms with Crippen molar-refractivity contribution in [3.05, 3.63) is 53.8 Å². The van der Waals surface area contributed by atoms with Crippen molar-refractivity contribution in [3.63, 3.8) is 0 Å². The fraction of sp³-hybridized carbons (Fsp3) is 0.263. The summed E-state index contributed by atoms with van der Waals surface area (Å²) in [5.41, 5.74) is 2.15. The van der Waals surface area contributed by atoms with Crippen LogP contribution >= 0.6 is 0 Å². The molecule has 0 aliphatic carbocycles. The molecule has 2 N–H and O–H groups in total. The number of H-pyrrole nitrogens is 1. The van der Waals surface area contributed by atoms with Gasteiger partial charge in [0.1, 0.15) is 12.4 Å². The Morgan fingerprint density at radius 1 is 1.14 bits per heavy atom. The normalized spacial score (nSPS) is 12.3. The zero-order valence-corrected chi connectivity index (χ0v) is 16.1. The summed E-state index contributed by atoms with van der Waals surface area (Å²) >= 11 is 0. The van der Waals surface area contributed by atoms with E-state index in [1.54, 1.807) is 6.07 Å². The SMILES string of the molecule is Cc1ccc(-c2cc(C(=O)N[C@H](c3nc(-c4ncn[nH]4)no3)C(C)C)no2)cc1. The highest BCUT2D eigenvalue weighted by atomic mass is 16.5. The summed E-state index contributed by atoms with van der Waals surface area (Å²) < 4.78 is 10.7. The summed E-state index contributed by atoms with van der Waals surface area (Å²) in [5.74, 6) is 1.02. The van der Waals surface area contributed by atoms with Gasteiger partial charge in [-0.15, -0.1) is 0 Å². The number of hydrogen-bond acceptors (Lipinski definition) is 8. The molecule has 0 aliphatic heterocycles. The molecule has 1 atom stereocenters. The second-order valence-corrected chi connectivity index (χ2v) is 6.93. The molecule has 0 bridgehead atoms. The molecule has 29 heavy (non-hydrogen) atoms. The molecule has 0 radical (unpaired) electrons. The second kappa shape index (κ2) is 7.66. The smallest absolute Gasteiger partial charge is 0.274 e. The van der Waals surface area contributed by atoms with Crippen LogP contribution in [0.5, 0.6) is 0 Å². The number of aryl methyl sites for hydroxylation is 1. The third-order valence-electron chi connectivity index (χ3n) is 4.37. The van der Waals surface area contributed by atoms with Crippen LogP contribution in [0.15, 0.2) is 45.7 Å². The number of benzene rings is 1. The van der Waals surface area contributed by atoms with Crippen molar-refractivity contribution in [2.24, 2.45) is 5.92 Å². The van der Waals surface area contributed by atoms with E-state index in [0.717, 1.165) is 11.1 Å². The lowest BCUT2D eigenvalue weighted by molar-refractivity contribution is 0.0904. The van der Waals surface area contributed by atoms with E-state index in [1.807, 2.05) is 45.0 Å². The summed E-state index contributed by atoms with van der Waals surface area (Å²) in [6.07, 6.45) is 1.35. The molecule has 0 saturated heterocycles. The zero-order chi connectivity index (χ0) is 20.4. The maximum atomic E-state index is 12.7. The van der Waals surface area contributed by atoms with Crippen LogP contribution in [0.1, 0.15) is 41.8 Å². The van der Waals surface area contributed by atoms with Crippen molar-refractivity contribution in [2.45, 2.75) is 26.8 Å². The van der Waals surface area contributed by atoms with Gasteiger partial charge in [-0.25, -0.2) is 4.98 Å². The third-order valence-corrected chi connectivity index (χ3v) is 4.37. The Morgan fingerprint density at radius 2 is 1.93 bits per heavy atom. The molecule has 10 nitrogen and oxygen atoms in total. The van der Waals surface area contributed by atoms with E-state index in [4.69, 9.17) is 9.05 Å². The number of hydrogen-bond donors (Lipinski definition) is 2. The van der Waals surface area contributed by atoms with E-state index in [9.17, 15) is 4.79 Å². The Balaban J connectivity index is 1.52. The Hall–Kier alpha value is -3.82. The number of carbonyl (C=O) groups excluding carboxylic acids is 1. The predicted molar refractivity (Wildman–Crippen MR) is 101 cm³/mol. The van der Waals surface area contributed by atoms with Gasteiger partial charge in [0, 0.05) is 11.6 Å². The van der Waals surface area contributed by atoms with Crippen molar-refractivity contribution in [2.75, 3.05) is 0 Å². The number of carbonyl (C=O) groups is 1. The largest absolute Gasteiger partial charge is 0.355 e. The van der Waals surface area contributed by atoms with Crippen LogP contribution in [0.2, 0.25) is 0 Å². The van der Waals surface area contributed by atoms with Crippen LogP contribution in [-0.2, 0) is 0 Å². The van der Waals surface area contributed by atoms with E-state index in [0.29, 0.717) is 11.6 Å². The van der Waals surface area contributed by atoms with Gasteiger partial charge in [-0.1, -0.05) is 54.0 Å². The Kier molecular flexibility index (Phi) is 4.90. The third kappa shape index (κ3) is 3.91. The van der Waals surface area contributed by atoms with E-state index >= 15 is 0 Å². The Morgan fingerprint density at radius 3 is 2.62 bits per heavy atom. The lowest BCUT2D eigenvalue weighted by Gasteiger charge is -2.17. The van der Waals surface area contributed by atoms with Gasteiger partial charge in [-0.3, -0.25) is 9.89 Å². The molecular weight excluding hydrogens is 374 g/mol. The molecule has 4 rings (SSSR count). The van der Waals surface area contributed by atoms with Gasteiger partial charge in [0.2, 0.25) is 11.7 Å². The molecule has 0 spiro atoms. The highest BCUT2D eigenvalue weighted by Crippen LogP contribution is 2.24. The number of nitrogens with zero attached hydrogens (tertiary/aromatic N) is 5. The fourth-order valence-electron chi connectivity index (χ4n) is 2.74. The number of aromatic nitrogens is 6. The van der Waals surface area contributed by atoms with E-state index in [1.165, 1.54) is 6.33 Å². The molecule has 10 heteroatoms. The second-order valence-electron chi connectivity index (χ2n) is 6.93. The predicted octanol–water partition coefficient (Wildman–Crippen LogP) is 2.95. The first-order valence-electron chi connectivity index (χ1n) is 9.05. The van der Waals surface area contributed by atoms with Crippen LogP contribution in [0.3, 0.4) is 0 Å². The number of rotatable bonds is 6. The molecular formula is C19H19N7O3. The standard InChI is InChI=1S/C19H19N7O3/c1-10(2)15(19-23-17(26-29-19)16-20-9-21-24-16)22-18(27)13-8-14(28-25-13)12-6-4-11(3)5-7-12/h4-10,15H,1-3H3,(H,22,27)(H,20,21,24)/t15-/m0/s1. The minimum atomic E-state index is -0.508. The molecule has 0 unspecified atom stereocenters. The van der Waals surface area contributed by atoms with Gasteiger partial charge in [0.05, 0.1) is 0 Å². The van der Waals surface area contributed by atoms with Gasteiger partial charge >= 0.3 is 0 Å². The van der Waals surface area contributed by atoms with Crippen LogP contribution in [-0.4, -0.2) is 36.4 Å². The number of aromatic amines is 1. The summed E-state index contributed by atoms with van der Waals surface area (Å²) in [4.78, 5) is 21.0. The maximum absolute atomic E-state index is 12.7. The first-order valence-corrected chi connectivity index (χ1v) is 9.05. The lowest BCUT2D eigenvalue weighted by Crippen LogP contribution is -2.32. The van der Waals surface area contributed by atoms with Gasteiger partial charge in [-0.05, 0) is 12.8 Å². The first-order chi connectivity index (χ1) is 14.0. The van der Waals surface area contributed by atoms with Crippen molar-refractivity contribution < 1.29 is 13.8 Å². The highest BCUT2D eigenvalue weighted by molar-refractivity contribution is 5.93. The maximum Gasteiger partial charge on any atom is 0.274 e. The number of nitrogens with one attached hydrogen (secondary N) is 2. The van der Waals surface area contributed by atoms with E-state index in [2.05, 4.69) is 35.8 Å². The van der Waals surface area contributed by atoms with Crippen molar-refractivity contribution in [3.8, 4) is 23.0 Å². The van der Waals surface area contributed by atoms with Gasteiger partial charge in [-0.2, -0.15) is 10.1 Å². The van der Waals surface area contributed by atoms with Gasteiger partial charge in [0.25, 0.3) is 5.91 Å². The quantitative estimate of drug-likeness (QED) is 0.510. The summed E-state index contributed by atoms with van der Waals surface area (Å²) in [6, 6.07) is 8.86. The van der Waals surface area contributed by atoms with Crippen molar-refractivity contribution in [1.29, 1.82) is 0 Å². The van der Waals surface area contributed by atoms with Gasteiger partial charge < -0.3 is 14.4 Å². The average Bonchev–Trinajstić information content (AvgIpc) is 3.47.